The van der Waals surface area contributed by atoms with Gasteiger partial charge in [-0.1, -0.05) is 23.7 Å². The lowest BCUT2D eigenvalue weighted by Crippen LogP contribution is -2.04. The van der Waals surface area contributed by atoms with Crippen LogP contribution >= 0.6 is 24.0 Å². The number of fused-ring (bicyclic) bond motifs is 1. The summed E-state index contributed by atoms with van der Waals surface area (Å²) in [6.45, 7) is 0.492. The van der Waals surface area contributed by atoms with Crippen molar-refractivity contribution >= 4 is 40.6 Å². The van der Waals surface area contributed by atoms with E-state index >= 15 is 0 Å². The second-order valence-corrected chi connectivity index (χ2v) is 7.23. The van der Waals surface area contributed by atoms with E-state index in [-0.39, 0.29) is 12.4 Å². The molecular weight excluding hydrogens is 447 g/mol. The molecule has 4 rings (SSSR count). The molecule has 162 valence electrons. The molecule has 0 radical (unpaired) electrons. The molecule has 8 heteroatoms. The summed E-state index contributed by atoms with van der Waals surface area (Å²) in [5, 5.41) is 23.8. The van der Waals surface area contributed by atoms with Crippen LogP contribution in [-0.4, -0.2) is 24.4 Å². The predicted molar refractivity (Wildman–Crippen MR) is 129 cm³/mol. The van der Waals surface area contributed by atoms with E-state index in [1.54, 1.807) is 20.3 Å². The quantitative estimate of drug-likeness (QED) is 0.382. The van der Waals surface area contributed by atoms with Crippen LogP contribution in [0.3, 0.4) is 0 Å². The van der Waals surface area contributed by atoms with Gasteiger partial charge in [-0.25, -0.2) is 0 Å². The zero-order valence-electron chi connectivity index (χ0n) is 17.4. The lowest BCUT2D eigenvalue weighted by atomic mass is 10.0. The Hall–Kier alpha value is -3.53. The van der Waals surface area contributed by atoms with E-state index in [0.717, 1.165) is 33.3 Å². The maximum atomic E-state index is 9.37. The van der Waals surface area contributed by atoms with Crippen LogP contribution in [0.25, 0.3) is 22.0 Å². The van der Waals surface area contributed by atoms with Crippen LogP contribution in [0.4, 0.5) is 5.82 Å². The molecule has 1 aromatic heterocycles. The van der Waals surface area contributed by atoms with Crippen LogP contribution in [0.1, 0.15) is 11.1 Å². The highest BCUT2D eigenvalue weighted by Gasteiger charge is 2.13. The van der Waals surface area contributed by atoms with Crippen molar-refractivity contribution in [2.24, 2.45) is 0 Å². The fourth-order valence-corrected chi connectivity index (χ4v) is 3.60. The number of nitriles is 1. The molecule has 0 aliphatic carbocycles. The Morgan fingerprint density at radius 1 is 0.938 bits per heavy atom. The Morgan fingerprint density at radius 2 is 1.72 bits per heavy atom. The van der Waals surface area contributed by atoms with Gasteiger partial charge in [-0.3, -0.25) is 0 Å². The van der Waals surface area contributed by atoms with Crippen molar-refractivity contribution in [3.8, 4) is 28.8 Å². The molecule has 6 nitrogen and oxygen atoms in total. The monoisotopic (exact) mass is 466 g/mol. The Kier molecular flexibility index (Phi) is 7.37. The van der Waals surface area contributed by atoms with Crippen LogP contribution in [0, 0.1) is 11.3 Å². The van der Waals surface area contributed by atoms with Gasteiger partial charge < -0.3 is 14.8 Å². The van der Waals surface area contributed by atoms with Crippen LogP contribution in [0.5, 0.6) is 11.5 Å². The summed E-state index contributed by atoms with van der Waals surface area (Å²) in [7, 11) is 3.21. The molecule has 1 heterocycles. The third-order valence-corrected chi connectivity index (χ3v) is 5.24. The Morgan fingerprint density at radius 3 is 2.38 bits per heavy atom. The molecular formula is C24H20Cl2N4O2. The second kappa shape index (κ2) is 10.2. The summed E-state index contributed by atoms with van der Waals surface area (Å²) < 4.78 is 10.4. The summed E-state index contributed by atoms with van der Waals surface area (Å²) in [6.07, 6.45) is 0. The van der Waals surface area contributed by atoms with Crippen molar-refractivity contribution in [3.05, 3.63) is 76.8 Å². The van der Waals surface area contributed by atoms with Gasteiger partial charge in [0.25, 0.3) is 0 Å². The number of aromatic nitrogens is 2. The number of hydrogen-bond donors (Lipinski definition) is 1. The Balaban J connectivity index is 0.00000289. The third-order valence-electron chi connectivity index (χ3n) is 4.95. The van der Waals surface area contributed by atoms with Gasteiger partial charge in [0, 0.05) is 22.9 Å². The van der Waals surface area contributed by atoms with E-state index in [1.165, 1.54) is 0 Å². The number of hydrogen-bond acceptors (Lipinski definition) is 6. The highest BCUT2D eigenvalue weighted by molar-refractivity contribution is 6.32. The van der Waals surface area contributed by atoms with Gasteiger partial charge in [-0.15, -0.1) is 22.6 Å². The fourth-order valence-electron chi connectivity index (χ4n) is 3.32. The van der Waals surface area contributed by atoms with Crippen LogP contribution in [0.15, 0.2) is 60.7 Å². The maximum absolute atomic E-state index is 9.37. The van der Waals surface area contributed by atoms with E-state index in [2.05, 4.69) is 21.6 Å². The van der Waals surface area contributed by atoms with E-state index in [0.29, 0.717) is 28.7 Å². The van der Waals surface area contributed by atoms with Gasteiger partial charge in [0.2, 0.25) is 0 Å². The standard InChI is InChI=1S/C24H19ClN4O2.ClH/c1-30-18-7-5-17(6-8-18)23-19-9-3-15(13-26)11-20(19)24(29-28-23)27-14-16-4-10-22(31-2)21(25)12-16;/h3-12H,14H2,1-2H3,(H,27,29);1H. The predicted octanol–water partition coefficient (Wildman–Crippen LogP) is 5.87. The van der Waals surface area contributed by atoms with Crippen LogP contribution in [-0.2, 0) is 6.54 Å². The van der Waals surface area contributed by atoms with E-state index in [9.17, 15) is 5.26 Å². The molecule has 0 amide bonds. The molecule has 0 unspecified atom stereocenters. The minimum absolute atomic E-state index is 0. The number of methoxy groups -OCH3 is 2. The minimum Gasteiger partial charge on any atom is -0.497 e. The Labute approximate surface area is 197 Å². The van der Waals surface area contributed by atoms with Crippen molar-refractivity contribution in [1.29, 1.82) is 5.26 Å². The summed E-state index contributed by atoms with van der Waals surface area (Å²) in [4.78, 5) is 0. The van der Waals surface area contributed by atoms with Gasteiger partial charge in [-0.2, -0.15) is 5.26 Å². The molecule has 32 heavy (non-hydrogen) atoms. The summed E-state index contributed by atoms with van der Waals surface area (Å²) >= 11 is 6.23. The number of anilines is 1. The van der Waals surface area contributed by atoms with Gasteiger partial charge in [0.05, 0.1) is 30.9 Å². The molecule has 0 fully saturated rings. The fraction of sp³-hybridized carbons (Fsp3) is 0.125. The molecule has 0 atom stereocenters. The lowest BCUT2D eigenvalue weighted by Gasteiger charge is -2.12. The maximum Gasteiger partial charge on any atom is 0.156 e. The zero-order valence-corrected chi connectivity index (χ0v) is 19.0. The average molecular weight is 467 g/mol. The number of nitrogens with zero attached hydrogens (tertiary/aromatic N) is 3. The first-order valence-electron chi connectivity index (χ1n) is 9.54. The minimum atomic E-state index is 0. The van der Waals surface area contributed by atoms with Gasteiger partial charge in [0.15, 0.2) is 5.82 Å². The average Bonchev–Trinajstić information content (AvgIpc) is 2.82. The number of ether oxygens (including phenoxy) is 2. The largest absolute Gasteiger partial charge is 0.497 e. The smallest absolute Gasteiger partial charge is 0.156 e. The Bertz CT molecular complexity index is 1290. The number of halogens is 2. The van der Waals surface area contributed by atoms with Crippen LogP contribution in [0.2, 0.25) is 5.02 Å². The SMILES string of the molecule is COc1ccc(-c2nnc(NCc3ccc(OC)c(Cl)c3)c3cc(C#N)ccc23)cc1.Cl. The van der Waals surface area contributed by atoms with Gasteiger partial charge in [0.1, 0.15) is 17.2 Å². The first kappa shape index (κ1) is 23.1. The first-order valence-corrected chi connectivity index (χ1v) is 9.92. The second-order valence-electron chi connectivity index (χ2n) is 6.82. The molecule has 0 spiro atoms. The van der Waals surface area contributed by atoms with E-state index in [4.69, 9.17) is 21.1 Å². The van der Waals surface area contributed by atoms with E-state index in [1.807, 2.05) is 54.6 Å². The summed E-state index contributed by atoms with van der Waals surface area (Å²) in [5.74, 6) is 1.98. The number of rotatable bonds is 6. The van der Waals surface area contributed by atoms with Crippen molar-refractivity contribution in [1.82, 2.24) is 10.2 Å². The van der Waals surface area contributed by atoms with Crippen LogP contribution < -0.4 is 14.8 Å². The van der Waals surface area contributed by atoms with Gasteiger partial charge in [-0.05, 0) is 54.1 Å². The molecule has 0 saturated heterocycles. The normalized spacial score (nSPS) is 10.2. The molecule has 0 aliphatic rings. The molecule has 1 N–H and O–H groups in total. The molecule has 3 aromatic carbocycles. The highest BCUT2D eigenvalue weighted by Crippen LogP contribution is 2.32. The van der Waals surface area contributed by atoms with Gasteiger partial charge >= 0.3 is 0 Å². The van der Waals surface area contributed by atoms with Crippen molar-refractivity contribution in [2.75, 3.05) is 19.5 Å². The molecule has 4 aromatic rings. The molecule has 0 aliphatic heterocycles. The van der Waals surface area contributed by atoms with E-state index < -0.39 is 0 Å². The molecule has 0 bridgehead atoms. The summed E-state index contributed by atoms with van der Waals surface area (Å²) in [6, 6.07) is 20.9. The topological polar surface area (TPSA) is 80.1 Å². The van der Waals surface area contributed by atoms with Crippen molar-refractivity contribution in [2.45, 2.75) is 6.54 Å². The number of benzene rings is 3. The van der Waals surface area contributed by atoms with Crippen molar-refractivity contribution < 1.29 is 9.47 Å². The lowest BCUT2D eigenvalue weighted by molar-refractivity contribution is 0.415. The first-order chi connectivity index (χ1) is 15.1. The van der Waals surface area contributed by atoms with Crippen molar-refractivity contribution in [3.63, 3.8) is 0 Å². The third kappa shape index (κ3) is 4.70. The number of nitrogens with one attached hydrogen (secondary N) is 1. The summed E-state index contributed by atoms with van der Waals surface area (Å²) in [5.41, 5.74) is 3.17. The zero-order chi connectivity index (χ0) is 21.8. The molecule has 0 saturated carbocycles. The highest BCUT2D eigenvalue weighted by atomic mass is 35.5.